The van der Waals surface area contributed by atoms with Crippen molar-refractivity contribution in [2.75, 3.05) is 6.61 Å². The van der Waals surface area contributed by atoms with E-state index in [2.05, 4.69) is 27.9 Å². The lowest BCUT2D eigenvalue weighted by atomic mass is 9.93. The first-order valence-corrected chi connectivity index (χ1v) is 14.1. The molecule has 1 aromatic heterocycles. The molecule has 2 rings (SSSR count). The highest BCUT2D eigenvalue weighted by Gasteiger charge is 2.50. The second-order valence-electron chi connectivity index (χ2n) is 10.9. The second-order valence-corrected chi connectivity index (χ2v) is 10.9. The Balaban J connectivity index is 2.16. The highest BCUT2D eigenvalue weighted by Crippen LogP contribution is 2.29. The maximum absolute atomic E-state index is 13.4. The number of pyridine rings is 1. The molecule has 1 saturated heterocycles. The number of nitrogens with one attached hydrogen (secondary N) is 3. The average Bonchev–Trinajstić information content (AvgIpc) is 3.63. The zero-order chi connectivity index (χ0) is 28.1. The molecule has 212 valence electrons. The predicted molar refractivity (Wildman–Crippen MR) is 146 cm³/mol. The van der Waals surface area contributed by atoms with Gasteiger partial charge in [-0.05, 0) is 49.8 Å². The van der Waals surface area contributed by atoms with Crippen molar-refractivity contribution in [1.82, 2.24) is 20.9 Å². The molecule has 1 fully saturated rings. The summed E-state index contributed by atoms with van der Waals surface area (Å²) in [7, 11) is 0. The molecule has 3 amide bonds. The molecule has 0 radical (unpaired) electrons. The van der Waals surface area contributed by atoms with Crippen LogP contribution in [0.2, 0.25) is 0 Å². The Bertz CT molecular complexity index is 917. The van der Waals surface area contributed by atoms with E-state index in [4.69, 9.17) is 4.74 Å². The summed E-state index contributed by atoms with van der Waals surface area (Å²) in [6, 6.07) is 1.24. The van der Waals surface area contributed by atoms with E-state index in [0.29, 0.717) is 25.9 Å². The third-order valence-corrected chi connectivity index (χ3v) is 6.77. The molecule has 0 spiro atoms. The minimum atomic E-state index is -0.854. The van der Waals surface area contributed by atoms with Gasteiger partial charge in [0.25, 0.3) is 0 Å². The van der Waals surface area contributed by atoms with E-state index in [1.807, 2.05) is 20.8 Å². The van der Waals surface area contributed by atoms with Gasteiger partial charge in [-0.15, -0.1) is 0 Å². The van der Waals surface area contributed by atoms with Gasteiger partial charge >= 0.3 is 0 Å². The minimum Gasteiger partial charge on any atom is -0.361 e. The number of nitrogens with zero attached hydrogens (tertiary/aromatic N) is 1. The number of hydrogen-bond donors (Lipinski definition) is 3. The van der Waals surface area contributed by atoms with Crippen molar-refractivity contribution in [2.24, 2.45) is 5.92 Å². The first kappa shape index (κ1) is 31.4. The molecule has 0 aromatic carbocycles. The van der Waals surface area contributed by atoms with Crippen molar-refractivity contribution in [3.63, 3.8) is 0 Å². The number of aromatic nitrogens is 1. The summed E-state index contributed by atoms with van der Waals surface area (Å²) in [4.78, 5) is 56.5. The van der Waals surface area contributed by atoms with Crippen molar-refractivity contribution in [2.45, 2.75) is 116 Å². The number of rotatable bonds is 18. The van der Waals surface area contributed by atoms with Gasteiger partial charge in [0.15, 0.2) is 5.78 Å². The molecule has 1 aliphatic heterocycles. The average molecular weight is 531 g/mol. The molecule has 3 unspecified atom stereocenters. The summed E-state index contributed by atoms with van der Waals surface area (Å²) in [6.07, 6.45) is 9.06. The van der Waals surface area contributed by atoms with E-state index in [9.17, 15) is 19.2 Å². The maximum atomic E-state index is 13.4. The molecule has 2 heterocycles. The Labute approximate surface area is 227 Å². The van der Waals surface area contributed by atoms with Crippen LogP contribution in [0.25, 0.3) is 0 Å². The molecule has 9 nitrogen and oxygen atoms in total. The number of hydrogen-bond acceptors (Lipinski definition) is 6. The molecular weight excluding hydrogens is 484 g/mol. The third-order valence-electron chi connectivity index (χ3n) is 6.77. The van der Waals surface area contributed by atoms with Crippen LogP contribution in [0.15, 0.2) is 24.5 Å². The first-order chi connectivity index (χ1) is 18.1. The summed E-state index contributed by atoms with van der Waals surface area (Å²) in [6.45, 7) is 10.1. The number of epoxide rings is 1. The van der Waals surface area contributed by atoms with Gasteiger partial charge in [-0.2, -0.15) is 0 Å². The zero-order valence-electron chi connectivity index (χ0n) is 23.7. The van der Waals surface area contributed by atoms with E-state index in [1.54, 1.807) is 31.5 Å². The molecule has 3 N–H and O–H groups in total. The Morgan fingerprint density at radius 2 is 1.53 bits per heavy atom. The molecular formula is C29H46N4O5. The maximum Gasteiger partial charge on any atom is 0.243 e. The van der Waals surface area contributed by atoms with E-state index in [-0.39, 0.29) is 24.0 Å². The topological polar surface area (TPSA) is 130 Å². The number of carbonyl (C=O) groups excluding carboxylic acids is 4. The zero-order valence-corrected chi connectivity index (χ0v) is 23.7. The molecule has 4 atom stereocenters. The van der Waals surface area contributed by atoms with Crippen LogP contribution in [0.3, 0.4) is 0 Å². The standard InChI is InChI=1S/C29H46N4O5/c1-6-8-10-12-25(34)31-24(18-21-13-15-30-16-14-21)28(37)32-22(11-9-7-2)27(36)33-23(17-20(3)4)26(35)29(5)19-38-29/h13-16,20,22-24H,6-12,17-19H2,1-5H3,(H,31,34)(H,32,37)(H,33,36)/t22?,23?,24?,29-/m1/s1. The lowest BCUT2D eigenvalue weighted by molar-refractivity contribution is -0.134. The fraction of sp³-hybridized carbons (Fsp3) is 0.690. The van der Waals surface area contributed by atoms with Crippen molar-refractivity contribution < 1.29 is 23.9 Å². The van der Waals surface area contributed by atoms with E-state index < -0.39 is 35.5 Å². The minimum absolute atomic E-state index is 0.143. The van der Waals surface area contributed by atoms with E-state index in [0.717, 1.165) is 37.7 Å². The third kappa shape index (κ3) is 10.5. The fourth-order valence-corrected chi connectivity index (χ4v) is 4.31. The summed E-state index contributed by atoms with van der Waals surface area (Å²) < 4.78 is 5.34. The van der Waals surface area contributed by atoms with Gasteiger partial charge in [-0.3, -0.25) is 24.2 Å². The van der Waals surface area contributed by atoms with E-state index in [1.165, 1.54) is 0 Å². The van der Waals surface area contributed by atoms with Crippen LogP contribution in [0.4, 0.5) is 0 Å². The lowest BCUT2D eigenvalue weighted by Crippen LogP contribution is -2.57. The van der Waals surface area contributed by atoms with Crippen molar-refractivity contribution in [3.8, 4) is 0 Å². The van der Waals surface area contributed by atoms with Crippen LogP contribution < -0.4 is 16.0 Å². The molecule has 1 aromatic rings. The predicted octanol–water partition coefficient (Wildman–Crippen LogP) is 3.25. The quantitative estimate of drug-likeness (QED) is 0.197. The largest absolute Gasteiger partial charge is 0.361 e. The monoisotopic (exact) mass is 530 g/mol. The van der Waals surface area contributed by atoms with E-state index >= 15 is 0 Å². The Kier molecular flexibility index (Phi) is 12.9. The van der Waals surface area contributed by atoms with Crippen LogP contribution in [0.5, 0.6) is 0 Å². The van der Waals surface area contributed by atoms with Crippen LogP contribution in [0.1, 0.15) is 91.5 Å². The fourth-order valence-electron chi connectivity index (χ4n) is 4.31. The van der Waals surface area contributed by atoms with Gasteiger partial charge in [0.2, 0.25) is 17.7 Å². The smallest absolute Gasteiger partial charge is 0.243 e. The normalized spacial score (nSPS) is 18.8. The van der Waals surface area contributed by atoms with Gasteiger partial charge in [0.1, 0.15) is 17.7 Å². The van der Waals surface area contributed by atoms with Gasteiger partial charge in [-0.25, -0.2) is 0 Å². The molecule has 0 aliphatic carbocycles. The van der Waals surface area contributed by atoms with Crippen molar-refractivity contribution in [3.05, 3.63) is 30.1 Å². The number of unbranched alkanes of at least 4 members (excludes halogenated alkanes) is 3. The summed E-state index contributed by atoms with van der Waals surface area (Å²) in [5.41, 5.74) is -0.00369. The number of Topliss-reactive ketones (excluding diaryl/α,β-unsaturated/α-hetero) is 1. The SMILES string of the molecule is CCCCCC(=O)NC(Cc1ccncc1)C(=O)NC(CCCC)C(=O)NC(CC(C)C)C(=O)[C@@]1(C)CO1. The van der Waals surface area contributed by atoms with Crippen molar-refractivity contribution in [1.29, 1.82) is 0 Å². The van der Waals surface area contributed by atoms with Crippen LogP contribution >= 0.6 is 0 Å². The summed E-state index contributed by atoms with van der Waals surface area (Å²) in [5, 5.41) is 8.63. The Morgan fingerprint density at radius 3 is 2.11 bits per heavy atom. The Hall–Kier alpha value is -2.81. The second kappa shape index (κ2) is 15.6. The number of ketones is 1. The lowest BCUT2D eigenvalue weighted by Gasteiger charge is -2.26. The molecule has 9 heteroatoms. The van der Waals surface area contributed by atoms with Crippen LogP contribution in [0, 0.1) is 5.92 Å². The highest BCUT2D eigenvalue weighted by atomic mass is 16.6. The molecule has 0 saturated carbocycles. The Morgan fingerprint density at radius 1 is 0.921 bits per heavy atom. The first-order valence-electron chi connectivity index (χ1n) is 14.1. The van der Waals surface area contributed by atoms with Crippen LogP contribution in [-0.2, 0) is 30.3 Å². The summed E-state index contributed by atoms with van der Waals surface area (Å²) >= 11 is 0. The summed E-state index contributed by atoms with van der Waals surface area (Å²) in [5.74, 6) is -0.974. The van der Waals surface area contributed by atoms with Gasteiger partial charge in [0.05, 0.1) is 12.6 Å². The molecule has 0 bridgehead atoms. The van der Waals surface area contributed by atoms with Crippen molar-refractivity contribution >= 4 is 23.5 Å². The number of amides is 3. The number of ether oxygens (including phenoxy) is 1. The van der Waals surface area contributed by atoms with Gasteiger partial charge < -0.3 is 20.7 Å². The highest BCUT2D eigenvalue weighted by molar-refractivity contribution is 5.98. The number of carbonyl (C=O) groups is 4. The van der Waals surface area contributed by atoms with Gasteiger partial charge in [-0.1, -0.05) is 53.4 Å². The van der Waals surface area contributed by atoms with Crippen LogP contribution in [-0.4, -0.2) is 58.8 Å². The molecule has 38 heavy (non-hydrogen) atoms. The molecule has 1 aliphatic rings. The van der Waals surface area contributed by atoms with Gasteiger partial charge in [0, 0.05) is 25.2 Å².